The van der Waals surface area contributed by atoms with Crippen molar-refractivity contribution in [1.82, 2.24) is 4.90 Å². The molecule has 3 nitrogen and oxygen atoms in total. The molecule has 1 fully saturated rings. The first-order valence-corrected chi connectivity index (χ1v) is 6.78. The zero-order valence-electron chi connectivity index (χ0n) is 9.95. The summed E-state index contributed by atoms with van der Waals surface area (Å²) in [6.07, 6.45) is 3.22. The number of nitrogen functional groups attached to an aromatic ring is 1. The van der Waals surface area contributed by atoms with Crippen molar-refractivity contribution in [3.63, 3.8) is 0 Å². The minimum Gasteiger partial charge on any atom is -0.398 e. The lowest BCUT2D eigenvalue weighted by molar-refractivity contribution is 0.0734. The lowest BCUT2D eigenvalue weighted by Crippen LogP contribution is -2.35. The second-order valence-electron chi connectivity index (χ2n) is 4.43. The number of carbonyl (C=O) groups excluding carboxylic acids is 1. The molecule has 0 radical (unpaired) electrons. The number of hydrogen-bond acceptors (Lipinski definition) is 2. The van der Waals surface area contributed by atoms with E-state index in [9.17, 15) is 4.79 Å². The fourth-order valence-electron chi connectivity index (χ4n) is 2.40. The zero-order chi connectivity index (χ0) is 12.4. The Morgan fingerprint density at radius 2 is 2.35 bits per heavy atom. The molecule has 0 spiro atoms. The highest BCUT2D eigenvalue weighted by Gasteiger charge is 2.28. The van der Waals surface area contributed by atoms with Crippen molar-refractivity contribution >= 4 is 27.5 Å². The molecule has 1 atom stereocenters. The molecule has 0 saturated carbocycles. The van der Waals surface area contributed by atoms with E-state index in [0.717, 1.165) is 30.3 Å². The van der Waals surface area contributed by atoms with Gasteiger partial charge in [-0.05, 0) is 37.5 Å². The van der Waals surface area contributed by atoms with E-state index < -0.39 is 0 Å². The number of nitrogens with two attached hydrogens (primary N) is 1. The van der Waals surface area contributed by atoms with Gasteiger partial charge < -0.3 is 10.6 Å². The van der Waals surface area contributed by atoms with E-state index in [2.05, 4.69) is 22.9 Å². The van der Waals surface area contributed by atoms with Crippen molar-refractivity contribution in [2.45, 2.75) is 32.2 Å². The quantitative estimate of drug-likeness (QED) is 0.853. The van der Waals surface area contributed by atoms with Gasteiger partial charge in [0.2, 0.25) is 0 Å². The van der Waals surface area contributed by atoms with Crippen molar-refractivity contribution < 1.29 is 4.79 Å². The summed E-state index contributed by atoms with van der Waals surface area (Å²) in [6, 6.07) is 5.81. The van der Waals surface area contributed by atoms with Crippen molar-refractivity contribution in [1.29, 1.82) is 0 Å². The SMILES string of the molecule is CCC1CCCN1C(=O)c1cc(Br)ccc1N. The fourth-order valence-corrected chi connectivity index (χ4v) is 2.76. The molecule has 1 aromatic rings. The van der Waals surface area contributed by atoms with Crippen LogP contribution in [0.4, 0.5) is 5.69 Å². The molecule has 17 heavy (non-hydrogen) atoms. The highest BCUT2D eigenvalue weighted by molar-refractivity contribution is 9.10. The van der Waals surface area contributed by atoms with Crippen molar-refractivity contribution in [2.24, 2.45) is 0 Å². The molecule has 1 aliphatic rings. The number of benzene rings is 1. The Labute approximate surface area is 110 Å². The minimum atomic E-state index is 0.0631. The molecule has 1 heterocycles. The number of likely N-dealkylation sites (tertiary alicyclic amines) is 1. The summed E-state index contributed by atoms with van der Waals surface area (Å²) >= 11 is 3.38. The van der Waals surface area contributed by atoms with Gasteiger partial charge in [-0.3, -0.25) is 4.79 Å². The third kappa shape index (κ3) is 2.46. The van der Waals surface area contributed by atoms with Crippen LogP contribution in [0.3, 0.4) is 0 Å². The topological polar surface area (TPSA) is 46.3 Å². The van der Waals surface area contributed by atoms with Crippen LogP contribution in [0.15, 0.2) is 22.7 Å². The Morgan fingerprint density at radius 1 is 1.59 bits per heavy atom. The molecule has 4 heteroatoms. The minimum absolute atomic E-state index is 0.0631. The van der Waals surface area contributed by atoms with E-state index in [-0.39, 0.29) is 5.91 Å². The van der Waals surface area contributed by atoms with E-state index in [1.165, 1.54) is 0 Å². The summed E-state index contributed by atoms with van der Waals surface area (Å²) in [5.74, 6) is 0.0631. The summed E-state index contributed by atoms with van der Waals surface area (Å²) in [5, 5.41) is 0. The maximum absolute atomic E-state index is 12.4. The van der Waals surface area contributed by atoms with Gasteiger partial charge in [-0.15, -0.1) is 0 Å². The van der Waals surface area contributed by atoms with Gasteiger partial charge in [0.05, 0.1) is 5.56 Å². The van der Waals surface area contributed by atoms with Crippen LogP contribution < -0.4 is 5.73 Å². The maximum atomic E-state index is 12.4. The van der Waals surface area contributed by atoms with Gasteiger partial charge in [0.1, 0.15) is 0 Å². The number of halogens is 1. The third-order valence-electron chi connectivity index (χ3n) is 3.35. The molecular weight excluding hydrogens is 280 g/mol. The molecule has 1 unspecified atom stereocenters. The van der Waals surface area contributed by atoms with Crippen LogP contribution in [-0.2, 0) is 0 Å². The summed E-state index contributed by atoms with van der Waals surface area (Å²) < 4.78 is 0.891. The van der Waals surface area contributed by atoms with Gasteiger partial charge in [-0.1, -0.05) is 22.9 Å². The Balaban J connectivity index is 2.27. The predicted octanol–water partition coefficient (Wildman–Crippen LogP) is 3.05. The normalized spacial score (nSPS) is 19.6. The molecule has 0 bridgehead atoms. The van der Waals surface area contributed by atoms with Crippen LogP contribution >= 0.6 is 15.9 Å². The summed E-state index contributed by atoms with van der Waals surface area (Å²) in [4.78, 5) is 14.4. The van der Waals surface area contributed by atoms with Gasteiger partial charge in [-0.2, -0.15) is 0 Å². The molecule has 1 amide bonds. The second-order valence-corrected chi connectivity index (χ2v) is 5.35. The van der Waals surface area contributed by atoms with Gasteiger partial charge >= 0.3 is 0 Å². The first-order valence-electron chi connectivity index (χ1n) is 5.99. The highest BCUT2D eigenvalue weighted by Crippen LogP contribution is 2.26. The fraction of sp³-hybridized carbons (Fsp3) is 0.462. The Morgan fingerprint density at radius 3 is 3.06 bits per heavy atom. The summed E-state index contributed by atoms with van der Waals surface area (Å²) in [5.41, 5.74) is 7.04. The number of nitrogens with zero attached hydrogens (tertiary/aromatic N) is 1. The van der Waals surface area contributed by atoms with E-state index in [4.69, 9.17) is 5.73 Å². The molecule has 92 valence electrons. The Kier molecular flexibility index (Phi) is 3.72. The highest BCUT2D eigenvalue weighted by atomic mass is 79.9. The number of carbonyl (C=O) groups is 1. The molecule has 1 saturated heterocycles. The maximum Gasteiger partial charge on any atom is 0.256 e. The van der Waals surface area contributed by atoms with Gasteiger partial charge in [0.15, 0.2) is 0 Å². The van der Waals surface area contributed by atoms with Crippen LogP contribution in [0.25, 0.3) is 0 Å². The first kappa shape index (κ1) is 12.4. The Bertz CT molecular complexity index is 433. The average molecular weight is 297 g/mol. The van der Waals surface area contributed by atoms with Crippen molar-refractivity contribution in [3.05, 3.63) is 28.2 Å². The lowest BCUT2D eigenvalue weighted by atomic mass is 10.1. The third-order valence-corrected chi connectivity index (χ3v) is 3.85. The molecule has 0 aromatic heterocycles. The van der Waals surface area contributed by atoms with E-state index in [1.807, 2.05) is 17.0 Å². The monoisotopic (exact) mass is 296 g/mol. The molecule has 1 aromatic carbocycles. The van der Waals surface area contributed by atoms with Crippen LogP contribution in [0.5, 0.6) is 0 Å². The largest absolute Gasteiger partial charge is 0.398 e. The van der Waals surface area contributed by atoms with Crippen molar-refractivity contribution in [3.8, 4) is 0 Å². The van der Waals surface area contributed by atoms with Gasteiger partial charge in [-0.25, -0.2) is 0 Å². The number of anilines is 1. The lowest BCUT2D eigenvalue weighted by Gasteiger charge is -2.24. The number of amides is 1. The zero-order valence-corrected chi connectivity index (χ0v) is 11.5. The molecule has 2 rings (SSSR count). The predicted molar refractivity (Wildman–Crippen MR) is 72.9 cm³/mol. The average Bonchev–Trinajstić information content (AvgIpc) is 2.79. The summed E-state index contributed by atoms with van der Waals surface area (Å²) in [6.45, 7) is 2.98. The van der Waals surface area contributed by atoms with Gasteiger partial charge in [0, 0.05) is 22.7 Å². The van der Waals surface area contributed by atoms with Crippen LogP contribution in [0.1, 0.15) is 36.5 Å². The number of rotatable bonds is 2. The van der Waals surface area contributed by atoms with E-state index >= 15 is 0 Å². The standard InChI is InChI=1S/C13H17BrN2O/c1-2-10-4-3-7-16(10)13(17)11-8-9(14)5-6-12(11)15/h5-6,8,10H,2-4,7,15H2,1H3. The van der Waals surface area contributed by atoms with Crippen LogP contribution in [0.2, 0.25) is 0 Å². The van der Waals surface area contributed by atoms with E-state index in [0.29, 0.717) is 17.3 Å². The van der Waals surface area contributed by atoms with E-state index in [1.54, 1.807) is 6.07 Å². The summed E-state index contributed by atoms with van der Waals surface area (Å²) in [7, 11) is 0. The first-order chi connectivity index (χ1) is 8.13. The van der Waals surface area contributed by atoms with Crippen molar-refractivity contribution in [2.75, 3.05) is 12.3 Å². The number of hydrogen-bond donors (Lipinski definition) is 1. The smallest absolute Gasteiger partial charge is 0.256 e. The molecule has 2 N–H and O–H groups in total. The molecule has 1 aliphatic heterocycles. The van der Waals surface area contributed by atoms with Gasteiger partial charge in [0.25, 0.3) is 5.91 Å². The molecular formula is C13H17BrN2O. The molecule has 0 aliphatic carbocycles. The second kappa shape index (κ2) is 5.08. The van der Waals surface area contributed by atoms with Crippen LogP contribution in [-0.4, -0.2) is 23.4 Å². The Hall–Kier alpha value is -1.03. The van der Waals surface area contributed by atoms with Crippen LogP contribution in [0, 0.1) is 0 Å².